The van der Waals surface area contributed by atoms with Crippen molar-refractivity contribution >= 4 is 29.2 Å². The van der Waals surface area contributed by atoms with E-state index < -0.39 is 11.8 Å². The second kappa shape index (κ2) is 5.55. The van der Waals surface area contributed by atoms with E-state index in [4.69, 9.17) is 23.2 Å². The average Bonchev–Trinajstić information content (AvgIpc) is 2.41. The Balaban J connectivity index is 2.44. The third kappa shape index (κ3) is 2.85. The van der Waals surface area contributed by atoms with E-state index in [0.29, 0.717) is 21.2 Å². The molecule has 1 aromatic heterocycles. The number of esters is 1. The molecule has 1 aromatic carbocycles. The fraction of sp³-hybridized carbons (Fsp3) is 0.0769. The Morgan fingerprint density at radius 1 is 1.21 bits per heavy atom. The van der Waals surface area contributed by atoms with E-state index in [1.807, 2.05) is 0 Å². The molecule has 0 N–H and O–H groups in total. The monoisotopic (exact) mass is 299 g/mol. The van der Waals surface area contributed by atoms with Gasteiger partial charge in [-0.2, -0.15) is 0 Å². The fourth-order valence-corrected chi connectivity index (χ4v) is 1.82. The first-order chi connectivity index (χ1) is 9.02. The van der Waals surface area contributed by atoms with Gasteiger partial charge in [-0.1, -0.05) is 29.3 Å². The first kappa shape index (κ1) is 13.8. The molecule has 3 nitrogen and oxygen atoms in total. The van der Waals surface area contributed by atoms with Crippen LogP contribution >= 0.6 is 23.2 Å². The Labute approximate surface area is 118 Å². The highest BCUT2D eigenvalue weighted by molar-refractivity contribution is 6.42. The molecule has 1 heterocycles. The SMILES string of the molecule is COC(=O)c1ncc(-c2ccc(Cl)c(Cl)c2)cc1F. The molecule has 0 amide bonds. The highest BCUT2D eigenvalue weighted by Crippen LogP contribution is 2.28. The van der Waals surface area contributed by atoms with Gasteiger partial charge in [0.05, 0.1) is 17.2 Å². The maximum Gasteiger partial charge on any atom is 0.359 e. The minimum absolute atomic E-state index is 0.355. The number of methoxy groups -OCH3 is 1. The number of benzene rings is 1. The molecule has 0 atom stereocenters. The van der Waals surface area contributed by atoms with Crippen LogP contribution in [-0.2, 0) is 4.74 Å². The number of carbonyl (C=O) groups excluding carboxylic acids is 1. The highest BCUT2D eigenvalue weighted by atomic mass is 35.5. The standard InChI is InChI=1S/C13H8Cl2FNO2/c1-19-13(18)12-11(16)5-8(6-17-12)7-2-3-9(14)10(15)4-7/h2-6H,1H3. The van der Waals surface area contributed by atoms with Gasteiger partial charge in [-0.25, -0.2) is 14.2 Å². The van der Waals surface area contributed by atoms with Crippen LogP contribution in [0.15, 0.2) is 30.5 Å². The number of carbonyl (C=O) groups is 1. The summed E-state index contributed by atoms with van der Waals surface area (Å²) in [5, 5.41) is 0.765. The predicted molar refractivity (Wildman–Crippen MR) is 71.0 cm³/mol. The van der Waals surface area contributed by atoms with Crippen molar-refractivity contribution in [2.75, 3.05) is 7.11 Å². The number of ether oxygens (including phenoxy) is 1. The lowest BCUT2D eigenvalue weighted by atomic mass is 10.1. The largest absolute Gasteiger partial charge is 0.464 e. The molecular formula is C13H8Cl2FNO2. The Kier molecular flexibility index (Phi) is 4.02. The summed E-state index contributed by atoms with van der Waals surface area (Å²) in [6, 6.07) is 6.07. The Bertz CT molecular complexity index is 647. The molecule has 6 heteroatoms. The van der Waals surface area contributed by atoms with Gasteiger partial charge in [0.25, 0.3) is 0 Å². The minimum atomic E-state index is -0.821. The first-order valence-electron chi connectivity index (χ1n) is 5.22. The van der Waals surface area contributed by atoms with Crippen molar-refractivity contribution in [3.8, 4) is 11.1 Å². The zero-order valence-corrected chi connectivity index (χ0v) is 11.3. The molecule has 0 unspecified atom stereocenters. The zero-order chi connectivity index (χ0) is 14.0. The molecule has 0 bridgehead atoms. The molecule has 19 heavy (non-hydrogen) atoms. The van der Waals surface area contributed by atoms with Gasteiger partial charge in [-0.15, -0.1) is 0 Å². The lowest BCUT2D eigenvalue weighted by Gasteiger charge is -2.05. The van der Waals surface area contributed by atoms with Gasteiger partial charge in [-0.05, 0) is 23.8 Å². The van der Waals surface area contributed by atoms with Crippen LogP contribution in [0.4, 0.5) is 4.39 Å². The van der Waals surface area contributed by atoms with Crippen molar-refractivity contribution in [1.82, 2.24) is 4.98 Å². The number of nitrogens with zero attached hydrogens (tertiary/aromatic N) is 1. The molecule has 0 saturated carbocycles. The number of pyridine rings is 1. The summed E-state index contributed by atoms with van der Waals surface area (Å²) in [5.74, 6) is -1.58. The highest BCUT2D eigenvalue weighted by Gasteiger charge is 2.15. The molecule has 0 spiro atoms. The lowest BCUT2D eigenvalue weighted by molar-refractivity contribution is 0.0588. The van der Waals surface area contributed by atoms with E-state index in [9.17, 15) is 9.18 Å². The summed E-state index contributed by atoms with van der Waals surface area (Å²) < 4.78 is 18.1. The number of aromatic nitrogens is 1. The molecule has 0 aliphatic heterocycles. The molecule has 0 radical (unpaired) electrons. The van der Waals surface area contributed by atoms with Gasteiger partial charge in [0.1, 0.15) is 0 Å². The van der Waals surface area contributed by atoms with Crippen molar-refractivity contribution in [2.24, 2.45) is 0 Å². The second-order valence-corrected chi connectivity index (χ2v) is 4.49. The third-order valence-electron chi connectivity index (χ3n) is 2.47. The van der Waals surface area contributed by atoms with Crippen molar-refractivity contribution in [2.45, 2.75) is 0 Å². The second-order valence-electron chi connectivity index (χ2n) is 3.67. The smallest absolute Gasteiger partial charge is 0.359 e. The Morgan fingerprint density at radius 3 is 2.53 bits per heavy atom. The van der Waals surface area contributed by atoms with E-state index in [-0.39, 0.29) is 5.69 Å². The summed E-state index contributed by atoms with van der Waals surface area (Å²) in [6.07, 6.45) is 1.37. The zero-order valence-electron chi connectivity index (χ0n) is 9.78. The van der Waals surface area contributed by atoms with Gasteiger partial charge >= 0.3 is 5.97 Å². The van der Waals surface area contributed by atoms with E-state index in [1.165, 1.54) is 12.3 Å². The topological polar surface area (TPSA) is 39.2 Å². The van der Waals surface area contributed by atoms with Crippen molar-refractivity contribution in [3.63, 3.8) is 0 Å². The third-order valence-corrected chi connectivity index (χ3v) is 3.21. The molecule has 0 saturated heterocycles. The molecule has 0 aliphatic rings. The van der Waals surface area contributed by atoms with E-state index >= 15 is 0 Å². The van der Waals surface area contributed by atoms with Gasteiger partial charge in [0.15, 0.2) is 11.5 Å². The Morgan fingerprint density at radius 2 is 1.95 bits per heavy atom. The fourth-order valence-electron chi connectivity index (χ4n) is 1.52. The van der Waals surface area contributed by atoms with E-state index in [1.54, 1.807) is 18.2 Å². The van der Waals surface area contributed by atoms with E-state index in [0.717, 1.165) is 7.11 Å². The van der Waals surface area contributed by atoms with Crippen LogP contribution in [0.2, 0.25) is 10.0 Å². The first-order valence-corrected chi connectivity index (χ1v) is 5.98. The summed E-state index contributed by atoms with van der Waals surface area (Å²) in [6.45, 7) is 0. The summed E-state index contributed by atoms with van der Waals surface area (Å²) in [5.41, 5.74) is 0.784. The summed E-state index contributed by atoms with van der Waals surface area (Å²) in [7, 11) is 1.16. The minimum Gasteiger partial charge on any atom is -0.464 e. The average molecular weight is 300 g/mol. The molecule has 98 valence electrons. The maximum atomic E-state index is 13.7. The molecule has 0 fully saturated rings. The molecule has 2 aromatic rings. The van der Waals surface area contributed by atoms with Crippen LogP contribution < -0.4 is 0 Å². The van der Waals surface area contributed by atoms with Crippen LogP contribution in [0.1, 0.15) is 10.5 Å². The molecule has 0 aliphatic carbocycles. The van der Waals surface area contributed by atoms with Gasteiger partial charge in [0, 0.05) is 11.8 Å². The molecular weight excluding hydrogens is 292 g/mol. The summed E-state index contributed by atoms with van der Waals surface area (Å²) in [4.78, 5) is 15.0. The van der Waals surface area contributed by atoms with Crippen LogP contribution in [0, 0.1) is 5.82 Å². The quantitative estimate of drug-likeness (QED) is 0.787. The number of rotatable bonds is 2. The van der Waals surface area contributed by atoms with Crippen molar-refractivity contribution in [1.29, 1.82) is 0 Å². The molecule has 2 rings (SSSR count). The number of halogens is 3. The Hall–Kier alpha value is -1.65. The lowest BCUT2D eigenvalue weighted by Crippen LogP contribution is -2.07. The predicted octanol–water partition coefficient (Wildman–Crippen LogP) is 3.98. The van der Waals surface area contributed by atoms with E-state index in [2.05, 4.69) is 9.72 Å². The van der Waals surface area contributed by atoms with Gasteiger partial charge in [0.2, 0.25) is 0 Å². The normalized spacial score (nSPS) is 10.3. The van der Waals surface area contributed by atoms with Crippen molar-refractivity contribution < 1.29 is 13.9 Å². The van der Waals surface area contributed by atoms with Gasteiger partial charge < -0.3 is 4.74 Å². The van der Waals surface area contributed by atoms with Crippen LogP contribution in [0.3, 0.4) is 0 Å². The summed E-state index contributed by atoms with van der Waals surface area (Å²) >= 11 is 11.7. The van der Waals surface area contributed by atoms with Crippen molar-refractivity contribution in [3.05, 3.63) is 52.0 Å². The maximum absolute atomic E-state index is 13.7. The number of hydrogen-bond acceptors (Lipinski definition) is 3. The van der Waals surface area contributed by atoms with Crippen LogP contribution in [0.25, 0.3) is 11.1 Å². The van der Waals surface area contributed by atoms with Gasteiger partial charge in [-0.3, -0.25) is 0 Å². The number of hydrogen-bond donors (Lipinski definition) is 0. The van der Waals surface area contributed by atoms with Crippen LogP contribution in [-0.4, -0.2) is 18.1 Å². The van der Waals surface area contributed by atoms with Crippen LogP contribution in [0.5, 0.6) is 0 Å².